The van der Waals surface area contributed by atoms with Crippen molar-refractivity contribution in [3.8, 4) is 0 Å². The van der Waals surface area contributed by atoms with Crippen LogP contribution in [0.25, 0.3) is 0 Å². The molecule has 2 aromatic carbocycles. The molecule has 122 valence electrons. The van der Waals surface area contributed by atoms with Crippen LogP contribution in [-0.4, -0.2) is 18.0 Å². The van der Waals surface area contributed by atoms with Gasteiger partial charge in [-0.25, -0.2) is 0 Å². The third-order valence-corrected chi connectivity index (χ3v) is 4.87. The van der Waals surface area contributed by atoms with Gasteiger partial charge in [0.2, 0.25) is 4.46 Å². The highest BCUT2D eigenvalue weighted by Crippen LogP contribution is 2.34. The highest BCUT2D eigenvalue weighted by atomic mass is 35.5. The molecule has 0 bridgehead atoms. The van der Waals surface area contributed by atoms with E-state index in [0.29, 0.717) is 0 Å². The minimum atomic E-state index is -1.13. The molecule has 0 unspecified atom stereocenters. The Balaban J connectivity index is 1.63. The fourth-order valence-corrected chi connectivity index (χ4v) is 3.44. The number of halogens is 2. The molecule has 0 aromatic heterocycles. The molecule has 1 saturated heterocycles. The summed E-state index contributed by atoms with van der Waals surface area (Å²) >= 11 is 12.9. The maximum absolute atomic E-state index is 6.44. The number of likely N-dealkylation sites (tertiary alicyclic amines) is 1. The van der Waals surface area contributed by atoms with Gasteiger partial charge in [0.25, 0.3) is 0 Å². The molecule has 0 radical (unpaired) electrons. The summed E-state index contributed by atoms with van der Waals surface area (Å²) in [5.41, 5.74) is 3.08. The number of alkyl halides is 2. The van der Waals surface area contributed by atoms with Crippen LogP contribution in [0.4, 0.5) is 5.69 Å². The summed E-state index contributed by atoms with van der Waals surface area (Å²) < 4.78 is -1.13. The van der Waals surface area contributed by atoms with Crippen LogP contribution in [0, 0.1) is 0 Å². The Morgan fingerprint density at radius 1 is 0.870 bits per heavy atom. The van der Waals surface area contributed by atoms with Gasteiger partial charge in [-0.15, -0.1) is 0 Å². The molecule has 0 spiro atoms. The molecule has 1 aliphatic rings. The van der Waals surface area contributed by atoms with Gasteiger partial charge in [-0.2, -0.15) is 0 Å². The minimum Gasteiger partial charge on any atom is -0.351 e. The van der Waals surface area contributed by atoms with Gasteiger partial charge in [-0.3, -0.25) is 4.90 Å². The Morgan fingerprint density at radius 2 is 1.52 bits per heavy atom. The Labute approximate surface area is 148 Å². The van der Waals surface area contributed by atoms with Crippen LogP contribution in [0.15, 0.2) is 54.6 Å². The van der Waals surface area contributed by atoms with Crippen LogP contribution in [0.1, 0.15) is 30.4 Å². The summed E-state index contributed by atoms with van der Waals surface area (Å²) in [4.78, 5) is 2.52. The maximum atomic E-state index is 6.44. The average Bonchev–Trinajstić information content (AvgIpc) is 2.58. The van der Waals surface area contributed by atoms with Crippen molar-refractivity contribution in [2.75, 3.05) is 18.4 Å². The second-order valence-electron chi connectivity index (χ2n) is 6.10. The van der Waals surface area contributed by atoms with Crippen molar-refractivity contribution in [2.24, 2.45) is 0 Å². The number of anilines is 1. The van der Waals surface area contributed by atoms with E-state index in [4.69, 9.17) is 23.2 Å². The lowest BCUT2D eigenvalue weighted by molar-refractivity contribution is 0.221. The van der Waals surface area contributed by atoms with E-state index in [1.165, 1.54) is 37.9 Å². The third-order valence-electron chi connectivity index (χ3n) is 4.25. The van der Waals surface area contributed by atoms with E-state index in [1.807, 2.05) is 42.5 Å². The lowest BCUT2D eigenvalue weighted by Gasteiger charge is -2.26. The molecule has 0 aliphatic carbocycles. The molecule has 1 N–H and O–H groups in total. The quantitative estimate of drug-likeness (QED) is 0.576. The van der Waals surface area contributed by atoms with E-state index in [0.717, 1.165) is 17.8 Å². The molecule has 1 aliphatic heterocycles. The van der Waals surface area contributed by atoms with E-state index >= 15 is 0 Å². The summed E-state index contributed by atoms with van der Waals surface area (Å²) in [6.07, 6.45) is 4.00. The molecule has 0 saturated carbocycles. The zero-order valence-corrected chi connectivity index (χ0v) is 14.7. The van der Waals surface area contributed by atoms with Crippen molar-refractivity contribution >= 4 is 28.9 Å². The van der Waals surface area contributed by atoms with Crippen LogP contribution < -0.4 is 5.32 Å². The Kier molecular flexibility index (Phi) is 5.47. The topological polar surface area (TPSA) is 15.3 Å². The second-order valence-corrected chi connectivity index (χ2v) is 7.43. The van der Waals surface area contributed by atoms with E-state index < -0.39 is 4.46 Å². The van der Waals surface area contributed by atoms with Crippen molar-refractivity contribution in [1.82, 2.24) is 4.90 Å². The lowest BCUT2D eigenvalue weighted by atomic mass is 10.1. The van der Waals surface area contributed by atoms with Crippen LogP contribution in [-0.2, 0) is 11.0 Å². The van der Waals surface area contributed by atoms with Gasteiger partial charge in [-0.1, -0.05) is 72.1 Å². The first-order chi connectivity index (χ1) is 11.1. The Morgan fingerprint density at radius 3 is 2.17 bits per heavy atom. The van der Waals surface area contributed by atoms with Crippen LogP contribution >= 0.6 is 23.2 Å². The Hall–Kier alpha value is -1.22. The van der Waals surface area contributed by atoms with E-state index in [1.54, 1.807) is 0 Å². The second kappa shape index (κ2) is 7.57. The van der Waals surface area contributed by atoms with Gasteiger partial charge in [0.05, 0.1) is 0 Å². The first-order valence-corrected chi connectivity index (χ1v) is 8.92. The summed E-state index contributed by atoms with van der Waals surface area (Å²) in [5.74, 6) is 0. The standard InChI is InChI=1S/C19H22Cl2N2/c20-19(21,17-7-3-1-4-8-17)22-18-11-9-16(10-12-18)15-23-13-5-2-6-14-23/h1,3-4,7-12,22H,2,5-6,13-15H2. The van der Waals surface area contributed by atoms with Gasteiger partial charge in [0.1, 0.15) is 0 Å². The number of nitrogens with zero attached hydrogens (tertiary/aromatic N) is 1. The lowest BCUT2D eigenvalue weighted by Crippen LogP contribution is -2.29. The Bertz CT molecular complexity index is 605. The number of rotatable bonds is 5. The molecular formula is C19H22Cl2N2. The molecule has 0 amide bonds. The zero-order valence-electron chi connectivity index (χ0n) is 13.1. The monoisotopic (exact) mass is 348 g/mol. The summed E-state index contributed by atoms with van der Waals surface area (Å²) in [6, 6.07) is 18.0. The van der Waals surface area contributed by atoms with Crippen LogP contribution in [0.3, 0.4) is 0 Å². The average molecular weight is 349 g/mol. The highest BCUT2D eigenvalue weighted by Gasteiger charge is 2.25. The predicted octanol–water partition coefficient (Wildman–Crippen LogP) is 5.37. The fourth-order valence-electron chi connectivity index (χ4n) is 2.97. The summed E-state index contributed by atoms with van der Waals surface area (Å²) in [7, 11) is 0. The molecule has 1 heterocycles. The van der Waals surface area contributed by atoms with Crippen molar-refractivity contribution < 1.29 is 0 Å². The largest absolute Gasteiger partial charge is 0.351 e. The van der Waals surface area contributed by atoms with Crippen molar-refractivity contribution in [1.29, 1.82) is 0 Å². The van der Waals surface area contributed by atoms with E-state index in [9.17, 15) is 0 Å². The summed E-state index contributed by atoms with van der Waals surface area (Å²) in [6.45, 7) is 3.44. The van der Waals surface area contributed by atoms with Crippen molar-refractivity contribution in [3.05, 3.63) is 65.7 Å². The SMILES string of the molecule is ClC(Cl)(Nc1ccc(CN2CCCCC2)cc1)c1ccccc1. The van der Waals surface area contributed by atoms with Gasteiger partial charge < -0.3 is 5.32 Å². The van der Waals surface area contributed by atoms with Gasteiger partial charge in [0.15, 0.2) is 0 Å². The molecule has 3 rings (SSSR count). The fraction of sp³-hybridized carbons (Fsp3) is 0.368. The smallest absolute Gasteiger partial charge is 0.214 e. The molecule has 2 nitrogen and oxygen atoms in total. The maximum Gasteiger partial charge on any atom is 0.214 e. The van der Waals surface area contributed by atoms with Crippen LogP contribution in [0.2, 0.25) is 0 Å². The van der Waals surface area contributed by atoms with Crippen LogP contribution in [0.5, 0.6) is 0 Å². The first-order valence-electron chi connectivity index (χ1n) is 8.16. The molecule has 23 heavy (non-hydrogen) atoms. The van der Waals surface area contributed by atoms with Gasteiger partial charge >= 0.3 is 0 Å². The summed E-state index contributed by atoms with van der Waals surface area (Å²) in [5, 5.41) is 3.18. The first kappa shape index (κ1) is 16.6. The number of nitrogens with one attached hydrogen (secondary N) is 1. The number of piperidine rings is 1. The van der Waals surface area contributed by atoms with E-state index in [2.05, 4.69) is 22.3 Å². The number of hydrogen-bond donors (Lipinski definition) is 1. The van der Waals surface area contributed by atoms with Crippen molar-refractivity contribution in [3.63, 3.8) is 0 Å². The van der Waals surface area contributed by atoms with E-state index in [-0.39, 0.29) is 0 Å². The minimum absolute atomic E-state index is 0.834. The predicted molar refractivity (Wildman–Crippen MR) is 99.0 cm³/mol. The third kappa shape index (κ3) is 4.63. The normalized spacial score (nSPS) is 16.3. The van der Waals surface area contributed by atoms with Gasteiger partial charge in [-0.05, 0) is 43.6 Å². The molecular weight excluding hydrogens is 327 g/mol. The highest BCUT2D eigenvalue weighted by molar-refractivity contribution is 6.49. The number of benzene rings is 2. The van der Waals surface area contributed by atoms with Crippen molar-refractivity contribution in [2.45, 2.75) is 30.3 Å². The number of hydrogen-bond acceptors (Lipinski definition) is 2. The molecule has 2 aromatic rings. The van der Waals surface area contributed by atoms with Gasteiger partial charge in [0, 0.05) is 17.8 Å². The zero-order chi connectivity index (χ0) is 16.1. The molecule has 0 atom stereocenters. The molecule has 1 fully saturated rings. The molecule has 4 heteroatoms.